The lowest BCUT2D eigenvalue weighted by Crippen LogP contribution is -2.47. The molecule has 6 nitrogen and oxygen atoms in total. The number of hydrogen-bond acceptors (Lipinski definition) is 4. The molecule has 7 heteroatoms. The van der Waals surface area contributed by atoms with E-state index in [9.17, 15) is 13.2 Å². The van der Waals surface area contributed by atoms with Crippen molar-refractivity contribution in [3.05, 3.63) is 24.0 Å². The molecule has 1 aromatic heterocycles. The number of nitrogens with zero attached hydrogens (tertiary/aromatic N) is 3. The van der Waals surface area contributed by atoms with Crippen LogP contribution >= 0.6 is 0 Å². The Kier molecular flexibility index (Phi) is 5.35. The second-order valence-electron chi connectivity index (χ2n) is 10.2. The van der Waals surface area contributed by atoms with Crippen LogP contribution in [0.5, 0.6) is 0 Å². The topological polar surface area (TPSA) is 72.3 Å². The van der Waals surface area contributed by atoms with Gasteiger partial charge in [0.25, 0.3) is 0 Å². The van der Waals surface area contributed by atoms with E-state index >= 15 is 0 Å². The molecule has 160 valence electrons. The summed E-state index contributed by atoms with van der Waals surface area (Å²) >= 11 is 0. The maximum absolute atomic E-state index is 13.3. The van der Waals surface area contributed by atoms with Crippen molar-refractivity contribution >= 4 is 26.8 Å². The van der Waals surface area contributed by atoms with Crippen molar-refractivity contribution in [3.8, 4) is 0 Å². The van der Waals surface area contributed by atoms with E-state index in [1.54, 1.807) is 26.2 Å². The number of amides is 1. The van der Waals surface area contributed by atoms with Crippen LogP contribution in [-0.2, 0) is 27.6 Å². The van der Waals surface area contributed by atoms with Gasteiger partial charge in [-0.3, -0.25) is 4.79 Å². The Morgan fingerprint density at radius 1 is 1.17 bits per heavy atom. The van der Waals surface area contributed by atoms with Crippen molar-refractivity contribution in [3.63, 3.8) is 0 Å². The second kappa shape index (κ2) is 7.11. The number of rotatable bonds is 6. The van der Waals surface area contributed by atoms with E-state index in [0.29, 0.717) is 11.4 Å². The van der Waals surface area contributed by atoms with Gasteiger partial charge in [0.2, 0.25) is 5.91 Å². The van der Waals surface area contributed by atoms with Gasteiger partial charge in [0.15, 0.2) is 9.84 Å². The van der Waals surface area contributed by atoms with E-state index in [2.05, 4.69) is 25.3 Å². The number of carbonyl (C=O) groups excluding carboxylic acids is 1. The van der Waals surface area contributed by atoms with E-state index in [1.807, 2.05) is 6.07 Å². The van der Waals surface area contributed by atoms with Gasteiger partial charge in [-0.05, 0) is 56.2 Å². The lowest BCUT2D eigenvalue weighted by atomic mass is 9.92. The summed E-state index contributed by atoms with van der Waals surface area (Å²) in [6.07, 6.45) is 3.30. The summed E-state index contributed by atoms with van der Waals surface area (Å²) < 4.78 is 27.2. The van der Waals surface area contributed by atoms with Gasteiger partial charge in [0.1, 0.15) is 10.6 Å². The molecule has 0 atom stereocenters. The molecule has 0 spiro atoms. The molecule has 3 rings (SSSR count). The van der Waals surface area contributed by atoms with Crippen LogP contribution in [0.15, 0.2) is 23.1 Å². The number of benzene rings is 1. The van der Waals surface area contributed by atoms with Crippen molar-refractivity contribution in [1.82, 2.24) is 14.5 Å². The fourth-order valence-corrected chi connectivity index (χ4v) is 5.16. The third kappa shape index (κ3) is 4.20. The van der Waals surface area contributed by atoms with Crippen LogP contribution in [0.25, 0.3) is 11.0 Å². The largest absolute Gasteiger partial charge is 0.347 e. The second-order valence-corrected chi connectivity index (χ2v) is 12.7. The fraction of sp³-hybridized carbons (Fsp3) is 0.636. The van der Waals surface area contributed by atoms with E-state index in [-0.39, 0.29) is 10.3 Å². The number of fused-ring (bicyclic) bond motifs is 1. The summed E-state index contributed by atoms with van der Waals surface area (Å²) in [6, 6.07) is 5.10. The van der Waals surface area contributed by atoms with Crippen LogP contribution in [0.4, 0.5) is 0 Å². The van der Waals surface area contributed by atoms with Crippen LogP contribution in [0.2, 0.25) is 0 Å². The predicted octanol–water partition coefficient (Wildman–Crippen LogP) is 3.68. The highest BCUT2D eigenvalue weighted by Gasteiger charge is 2.44. The minimum Gasteiger partial charge on any atom is -0.347 e. The summed E-state index contributed by atoms with van der Waals surface area (Å²) in [6.45, 7) is 10.4. The molecular weight excluding hydrogens is 386 g/mol. The van der Waals surface area contributed by atoms with Crippen LogP contribution < -0.4 is 0 Å². The van der Waals surface area contributed by atoms with Crippen molar-refractivity contribution in [1.29, 1.82) is 0 Å². The molecular formula is C22H33N3O3S. The Morgan fingerprint density at radius 3 is 2.31 bits per heavy atom. The zero-order valence-electron chi connectivity index (χ0n) is 18.6. The van der Waals surface area contributed by atoms with Crippen molar-refractivity contribution in [2.24, 2.45) is 11.3 Å². The van der Waals surface area contributed by atoms with Gasteiger partial charge in [-0.1, -0.05) is 20.8 Å². The summed E-state index contributed by atoms with van der Waals surface area (Å²) in [7, 11) is -0.723. The number of hydrogen-bond donors (Lipinski definition) is 0. The molecule has 0 N–H and O–H groups in total. The first kappa shape index (κ1) is 21.8. The maximum Gasteiger partial charge on any atom is 0.243 e. The SMILES string of the molecule is CN(C)C(=O)C(C)(C)S(=O)(=O)c1ccc2c(c1)nc(CC(C)(C)C)n2CC1CC1. The first-order chi connectivity index (χ1) is 13.2. The van der Waals surface area contributed by atoms with Crippen molar-refractivity contribution in [2.45, 2.75) is 70.1 Å². The summed E-state index contributed by atoms with van der Waals surface area (Å²) in [5, 5.41) is 0. The van der Waals surface area contributed by atoms with Crippen LogP contribution in [0, 0.1) is 11.3 Å². The van der Waals surface area contributed by atoms with E-state index < -0.39 is 20.5 Å². The van der Waals surface area contributed by atoms with Gasteiger partial charge in [0, 0.05) is 27.1 Å². The maximum atomic E-state index is 13.3. The van der Waals surface area contributed by atoms with Crippen LogP contribution in [-0.4, -0.2) is 47.6 Å². The van der Waals surface area contributed by atoms with Gasteiger partial charge in [-0.25, -0.2) is 13.4 Å². The van der Waals surface area contributed by atoms with E-state index in [0.717, 1.165) is 24.3 Å². The number of imidazole rings is 1. The molecule has 1 aromatic carbocycles. The van der Waals surface area contributed by atoms with Gasteiger partial charge >= 0.3 is 0 Å². The zero-order valence-corrected chi connectivity index (χ0v) is 19.4. The molecule has 0 radical (unpaired) electrons. The average Bonchev–Trinajstić information content (AvgIpc) is 3.35. The third-order valence-electron chi connectivity index (χ3n) is 5.53. The lowest BCUT2D eigenvalue weighted by Gasteiger charge is -2.27. The van der Waals surface area contributed by atoms with Gasteiger partial charge in [0.05, 0.1) is 15.9 Å². The minimum absolute atomic E-state index is 0.0811. The first-order valence-electron chi connectivity index (χ1n) is 10.2. The highest BCUT2D eigenvalue weighted by molar-refractivity contribution is 7.93. The standard InChI is InChI=1S/C22H33N3O3S/c1-21(2,3)13-19-23-17-12-16(10-11-18(17)25(19)14-15-8-9-15)29(27,28)22(4,5)20(26)24(6)7/h10-12,15H,8-9,13-14H2,1-7H3. The molecule has 1 fully saturated rings. The molecule has 1 aliphatic rings. The molecule has 1 saturated carbocycles. The molecule has 0 unspecified atom stereocenters. The van der Waals surface area contributed by atoms with Crippen molar-refractivity contribution < 1.29 is 13.2 Å². The quantitative estimate of drug-likeness (QED) is 0.716. The molecule has 29 heavy (non-hydrogen) atoms. The highest BCUT2D eigenvalue weighted by Crippen LogP contribution is 2.35. The highest BCUT2D eigenvalue weighted by atomic mass is 32.2. The predicted molar refractivity (Wildman–Crippen MR) is 116 cm³/mol. The van der Waals surface area contributed by atoms with Gasteiger partial charge in [-0.2, -0.15) is 0 Å². The summed E-state index contributed by atoms with van der Waals surface area (Å²) in [5.41, 5.74) is 1.73. The van der Waals surface area contributed by atoms with Gasteiger partial charge < -0.3 is 9.47 Å². The molecule has 2 aromatic rings. The third-order valence-corrected chi connectivity index (χ3v) is 7.92. The Balaban J connectivity index is 2.09. The molecule has 1 aliphatic carbocycles. The summed E-state index contributed by atoms with van der Waals surface area (Å²) in [5.74, 6) is 1.24. The Morgan fingerprint density at radius 2 is 1.79 bits per heavy atom. The van der Waals surface area contributed by atoms with Crippen LogP contribution in [0.1, 0.15) is 53.3 Å². The summed E-state index contributed by atoms with van der Waals surface area (Å²) in [4.78, 5) is 18.8. The monoisotopic (exact) mass is 419 g/mol. The molecule has 0 bridgehead atoms. The normalized spacial score (nSPS) is 15.7. The molecule has 1 heterocycles. The number of aromatic nitrogens is 2. The van der Waals surface area contributed by atoms with Crippen LogP contribution in [0.3, 0.4) is 0 Å². The smallest absolute Gasteiger partial charge is 0.243 e. The number of sulfone groups is 1. The van der Waals surface area contributed by atoms with E-state index in [1.165, 1.54) is 31.6 Å². The zero-order chi connectivity index (χ0) is 21.8. The Hall–Kier alpha value is -1.89. The Bertz CT molecular complexity index is 1040. The molecule has 1 amide bonds. The molecule has 0 saturated heterocycles. The van der Waals surface area contributed by atoms with Crippen molar-refractivity contribution in [2.75, 3.05) is 14.1 Å². The fourth-order valence-electron chi connectivity index (χ4n) is 3.65. The minimum atomic E-state index is -3.86. The van der Waals surface area contributed by atoms with Gasteiger partial charge in [-0.15, -0.1) is 0 Å². The molecule has 0 aliphatic heterocycles. The lowest BCUT2D eigenvalue weighted by molar-refractivity contribution is -0.130. The first-order valence-corrected chi connectivity index (χ1v) is 11.7. The average molecular weight is 420 g/mol. The Labute approximate surface area is 174 Å². The number of carbonyl (C=O) groups is 1. The van der Waals surface area contributed by atoms with E-state index in [4.69, 9.17) is 4.98 Å².